The Morgan fingerprint density at radius 3 is 2.58 bits per heavy atom. The lowest BCUT2D eigenvalue weighted by Gasteiger charge is -2.41. The van der Waals surface area contributed by atoms with E-state index >= 15 is 0 Å². The third-order valence-electron chi connectivity index (χ3n) is 4.94. The van der Waals surface area contributed by atoms with E-state index in [9.17, 15) is 0 Å². The van der Waals surface area contributed by atoms with Crippen LogP contribution in [0.1, 0.15) is 56.9 Å². The molecule has 0 aliphatic carbocycles. The van der Waals surface area contributed by atoms with Gasteiger partial charge in [-0.05, 0) is 50.1 Å². The first-order chi connectivity index (χ1) is 9.31. The van der Waals surface area contributed by atoms with Gasteiger partial charge in [0.05, 0.1) is 0 Å². The standard InChI is InChI=1S/C16H26N2S/c1-3-15(16-6-5-9-19-16)18(4-2)14-10-12-7-8-13(11-14)17-12/h5-6,9,12-15,17H,3-4,7-8,10-11H2,1-2H3. The van der Waals surface area contributed by atoms with Gasteiger partial charge in [-0.25, -0.2) is 0 Å². The molecule has 1 aromatic heterocycles. The summed E-state index contributed by atoms with van der Waals surface area (Å²) in [6, 6.07) is 7.51. The molecule has 2 bridgehead atoms. The highest BCUT2D eigenvalue weighted by atomic mass is 32.1. The molecule has 0 aromatic carbocycles. The average molecular weight is 278 g/mol. The summed E-state index contributed by atoms with van der Waals surface area (Å²) in [5.74, 6) is 0. The van der Waals surface area contributed by atoms with Gasteiger partial charge in [-0.3, -0.25) is 4.90 Å². The fraction of sp³-hybridized carbons (Fsp3) is 0.750. The quantitative estimate of drug-likeness (QED) is 0.881. The Bertz CT molecular complexity index is 377. The molecule has 2 aliphatic rings. The van der Waals surface area contributed by atoms with E-state index in [1.807, 2.05) is 11.3 Å². The smallest absolute Gasteiger partial charge is 0.0441 e. The van der Waals surface area contributed by atoms with Crippen molar-refractivity contribution in [3.8, 4) is 0 Å². The lowest BCUT2D eigenvalue weighted by Crippen LogP contribution is -2.49. The normalized spacial score (nSPS) is 31.8. The number of nitrogens with zero attached hydrogens (tertiary/aromatic N) is 1. The highest BCUT2D eigenvalue weighted by Gasteiger charge is 2.37. The molecule has 106 valence electrons. The molecule has 0 radical (unpaired) electrons. The zero-order valence-corrected chi connectivity index (χ0v) is 13.0. The molecule has 0 spiro atoms. The fourth-order valence-corrected chi connectivity index (χ4v) is 5.04. The van der Waals surface area contributed by atoms with E-state index in [1.165, 1.54) is 38.6 Å². The third-order valence-corrected chi connectivity index (χ3v) is 5.91. The van der Waals surface area contributed by atoms with Crippen molar-refractivity contribution in [1.82, 2.24) is 10.2 Å². The van der Waals surface area contributed by atoms with Gasteiger partial charge in [0, 0.05) is 29.0 Å². The second kappa shape index (κ2) is 5.94. The maximum Gasteiger partial charge on any atom is 0.0441 e. The summed E-state index contributed by atoms with van der Waals surface area (Å²) >= 11 is 1.92. The number of rotatable bonds is 5. The second-order valence-corrected chi connectivity index (χ2v) is 7.01. The molecule has 19 heavy (non-hydrogen) atoms. The van der Waals surface area contributed by atoms with Gasteiger partial charge in [0.15, 0.2) is 0 Å². The highest BCUT2D eigenvalue weighted by Crippen LogP contribution is 2.36. The number of nitrogens with one attached hydrogen (secondary N) is 1. The number of thiophene rings is 1. The third kappa shape index (κ3) is 2.74. The Kier molecular flexibility index (Phi) is 4.25. The lowest BCUT2D eigenvalue weighted by molar-refractivity contribution is 0.0984. The van der Waals surface area contributed by atoms with E-state index < -0.39 is 0 Å². The van der Waals surface area contributed by atoms with Crippen LogP contribution in [0.3, 0.4) is 0 Å². The van der Waals surface area contributed by atoms with Crippen molar-refractivity contribution in [2.75, 3.05) is 6.54 Å². The van der Waals surface area contributed by atoms with Crippen LogP contribution in [0.15, 0.2) is 17.5 Å². The van der Waals surface area contributed by atoms with Gasteiger partial charge in [-0.2, -0.15) is 0 Å². The van der Waals surface area contributed by atoms with Gasteiger partial charge in [-0.15, -0.1) is 11.3 Å². The fourth-order valence-electron chi connectivity index (χ4n) is 4.11. The first-order valence-corrected chi connectivity index (χ1v) is 8.75. The van der Waals surface area contributed by atoms with E-state index in [-0.39, 0.29) is 0 Å². The van der Waals surface area contributed by atoms with Crippen molar-refractivity contribution >= 4 is 11.3 Å². The van der Waals surface area contributed by atoms with Crippen LogP contribution in [0, 0.1) is 0 Å². The van der Waals surface area contributed by atoms with Gasteiger partial charge in [-0.1, -0.05) is 19.9 Å². The minimum Gasteiger partial charge on any atom is -0.311 e. The van der Waals surface area contributed by atoms with Crippen molar-refractivity contribution in [3.05, 3.63) is 22.4 Å². The molecule has 1 aromatic rings. The zero-order chi connectivity index (χ0) is 13.2. The highest BCUT2D eigenvalue weighted by molar-refractivity contribution is 7.10. The molecule has 3 heteroatoms. The monoisotopic (exact) mass is 278 g/mol. The van der Waals surface area contributed by atoms with Gasteiger partial charge in [0.2, 0.25) is 0 Å². The SMILES string of the molecule is CCC(c1cccs1)N(CC)C1CC2CCC(C1)N2. The molecule has 3 unspecified atom stereocenters. The minimum absolute atomic E-state index is 0.632. The van der Waals surface area contributed by atoms with Crippen LogP contribution >= 0.6 is 11.3 Å². The summed E-state index contributed by atoms with van der Waals surface area (Å²) in [7, 11) is 0. The Hall–Kier alpha value is -0.380. The molecule has 2 aliphatic heterocycles. The summed E-state index contributed by atoms with van der Waals surface area (Å²) in [6.07, 6.45) is 6.73. The van der Waals surface area contributed by atoms with Crippen LogP contribution in [0.2, 0.25) is 0 Å². The largest absolute Gasteiger partial charge is 0.311 e. The summed E-state index contributed by atoms with van der Waals surface area (Å²) in [4.78, 5) is 4.33. The molecule has 0 amide bonds. The maximum atomic E-state index is 3.77. The number of hydrogen-bond donors (Lipinski definition) is 1. The van der Waals surface area contributed by atoms with Crippen LogP contribution in [0.5, 0.6) is 0 Å². The predicted octanol–water partition coefficient (Wildman–Crippen LogP) is 3.80. The van der Waals surface area contributed by atoms with Gasteiger partial charge < -0.3 is 5.32 Å². The Morgan fingerprint density at radius 2 is 2.05 bits per heavy atom. The number of fused-ring (bicyclic) bond motifs is 2. The van der Waals surface area contributed by atoms with E-state index in [0.717, 1.165) is 18.1 Å². The van der Waals surface area contributed by atoms with Crippen LogP contribution < -0.4 is 5.32 Å². The van der Waals surface area contributed by atoms with E-state index in [0.29, 0.717) is 6.04 Å². The first kappa shape index (κ1) is 13.6. The number of piperidine rings is 1. The van der Waals surface area contributed by atoms with Crippen LogP contribution in [-0.2, 0) is 0 Å². The van der Waals surface area contributed by atoms with E-state index in [2.05, 4.69) is 41.6 Å². The Balaban J connectivity index is 1.75. The molecule has 2 fully saturated rings. The average Bonchev–Trinajstić information content (AvgIpc) is 3.05. The van der Waals surface area contributed by atoms with Crippen molar-refractivity contribution in [3.63, 3.8) is 0 Å². The number of hydrogen-bond acceptors (Lipinski definition) is 3. The van der Waals surface area contributed by atoms with Crippen molar-refractivity contribution in [1.29, 1.82) is 0 Å². The van der Waals surface area contributed by atoms with Gasteiger partial charge in [0.25, 0.3) is 0 Å². The molecule has 3 rings (SSSR count). The van der Waals surface area contributed by atoms with Gasteiger partial charge in [0.1, 0.15) is 0 Å². The molecule has 2 saturated heterocycles. The first-order valence-electron chi connectivity index (χ1n) is 7.87. The van der Waals surface area contributed by atoms with Gasteiger partial charge >= 0.3 is 0 Å². The van der Waals surface area contributed by atoms with Crippen molar-refractivity contribution < 1.29 is 0 Å². The second-order valence-electron chi connectivity index (χ2n) is 6.03. The Labute approximate surface area is 121 Å². The van der Waals surface area contributed by atoms with Crippen molar-refractivity contribution in [2.24, 2.45) is 0 Å². The molecule has 0 saturated carbocycles. The molecule has 3 heterocycles. The van der Waals surface area contributed by atoms with Crippen LogP contribution in [0.25, 0.3) is 0 Å². The summed E-state index contributed by atoms with van der Waals surface area (Å²) in [5.41, 5.74) is 0. The van der Waals surface area contributed by atoms with Crippen LogP contribution in [-0.4, -0.2) is 29.6 Å². The molecule has 2 nitrogen and oxygen atoms in total. The van der Waals surface area contributed by atoms with Crippen molar-refractivity contribution in [2.45, 2.75) is 70.1 Å². The molecule has 1 N–H and O–H groups in total. The topological polar surface area (TPSA) is 15.3 Å². The molecule has 3 atom stereocenters. The van der Waals surface area contributed by atoms with E-state index in [1.54, 1.807) is 4.88 Å². The predicted molar refractivity (Wildman–Crippen MR) is 82.7 cm³/mol. The summed E-state index contributed by atoms with van der Waals surface area (Å²) in [5, 5.41) is 5.99. The molecular weight excluding hydrogens is 252 g/mol. The zero-order valence-electron chi connectivity index (χ0n) is 12.1. The maximum absolute atomic E-state index is 3.77. The minimum atomic E-state index is 0.632. The van der Waals surface area contributed by atoms with E-state index in [4.69, 9.17) is 0 Å². The summed E-state index contributed by atoms with van der Waals surface area (Å²) in [6.45, 7) is 5.85. The van der Waals surface area contributed by atoms with Crippen LogP contribution in [0.4, 0.5) is 0 Å². The Morgan fingerprint density at radius 1 is 1.32 bits per heavy atom. The molecular formula is C16H26N2S. The lowest BCUT2D eigenvalue weighted by atomic mass is 9.95. The summed E-state index contributed by atoms with van der Waals surface area (Å²) < 4.78 is 0.